The van der Waals surface area contributed by atoms with Crippen molar-refractivity contribution in [2.45, 2.75) is 26.7 Å². The van der Waals surface area contributed by atoms with Crippen molar-refractivity contribution >= 4 is 22.8 Å². The van der Waals surface area contributed by atoms with Gasteiger partial charge in [-0.25, -0.2) is 0 Å². The van der Waals surface area contributed by atoms with Crippen LogP contribution in [-0.4, -0.2) is 5.97 Å². The molecule has 0 aliphatic carbocycles. The van der Waals surface area contributed by atoms with Crippen molar-refractivity contribution in [1.82, 2.24) is 0 Å². The maximum Gasteiger partial charge on any atom is 0.308 e. The molecule has 19 heavy (non-hydrogen) atoms. The van der Waals surface area contributed by atoms with Crippen molar-refractivity contribution in [3.63, 3.8) is 0 Å². The Morgan fingerprint density at radius 3 is 2.79 bits per heavy atom. The fourth-order valence-corrected chi connectivity index (χ4v) is 2.05. The first kappa shape index (κ1) is 13.3. The topological polar surface area (TPSA) is 26.3 Å². The van der Waals surface area contributed by atoms with Gasteiger partial charge in [0.1, 0.15) is 5.75 Å². The quantitative estimate of drug-likeness (QED) is 0.589. The summed E-state index contributed by atoms with van der Waals surface area (Å²) in [4.78, 5) is 11.1. The van der Waals surface area contributed by atoms with Crippen LogP contribution in [0.3, 0.4) is 0 Å². The van der Waals surface area contributed by atoms with E-state index in [1.165, 1.54) is 12.3 Å². The van der Waals surface area contributed by atoms with Gasteiger partial charge in [0, 0.05) is 6.92 Å². The van der Waals surface area contributed by atoms with Crippen LogP contribution in [0.2, 0.25) is 0 Å². The summed E-state index contributed by atoms with van der Waals surface area (Å²) in [6.45, 7) is 3.57. The van der Waals surface area contributed by atoms with Gasteiger partial charge in [-0.05, 0) is 34.9 Å². The number of carbonyl (C=O) groups is 1. The van der Waals surface area contributed by atoms with E-state index in [0.29, 0.717) is 5.75 Å². The van der Waals surface area contributed by atoms with Gasteiger partial charge in [-0.2, -0.15) is 0 Å². The van der Waals surface area contributed by atoms with Gasteiger partial charge in [0.2, 0.25) is 0 Å². The lowest BCUT2D eigenvalue weighted by Crippen LogP contribution is -2.01. The molecule has 0 N–H and O–H groups in total. The van der Waals surface area contributed by atoms with Gasteiger partial charge in [0.25, 0.3) is 0 Å². The molecule has 0 bridgehead atoms. The summed E-state index contributed by atoms with van der Waals surface area (Å²) in [6, 6.07) is 11.9. The zero-order chi connectivity index (χ0) is 13.7. The number of rotatable bonds is 4. The fourth-order valence-electron chi connectivity index (χ4n) is 2.05. The first-order valence-electron chi connectivity index (χ1n) is 6.58. The van der Waals surface area contributed by atoms with Gasteiger partial charge in [-0.15, -0.1) is 0 Å². The van der Waals surface area contributed by atoms with Gasteiger partial charge in [0.05, 0.1) is 0 Å². The van der Waals surface area contributed by atoms with Crippen molar-refractivity contribution < 1.29 is 9.53 Å². The van der Waals surface area contributed by atoms with Crippen LogP contribution in [0.5, 0.6) is 5.75 Å². The predicted octanol–water partition coefficient (Wildman–Crippen LogP) is 4.58. The van der Waals surface area contributed by atoms with Crippen molar-refractivity contribution in [2.24, 2.45) is 0 Å². The normalized spacial score (nSPS) is 11.1. The summed E-state index contributed by atoms with van der Waals surface area (Å²) in [5.41, 5.74) is 1.09. The lowest BCUT2D eigenvalue weighted by molar-refractivity contribution is -0.131. The minimum atomic E-state index is -0.293. The zero-order valence-corrected chi connectivity index (χ0v) is 11.3. The molecule has 0 aliphatic heterocycles. The SMILES string of the molecule is CCC/C=C/c1cc(OC(C)=O)cc2ccccc12. The van der Waals surface area contributed by atoms with Gasteiger partial charge in [-0.3, -0.25) is 4.79 Å². The lowest BCUT2D eigenvalue weighted by Gasteiger charge is -2.07. The molecular weight excluding hydrogens is 236 g/mol. The number of benzene rings is 2. The molecule has 0 saturated heterocycles. The second-order valence-corrected chi connectivity index (χ2v) is 4.52. The Labute approximate surface area is 113 Å². The summed E-state index contributed by atoms with van der Waals surface area (Å²) in [6.07, 6.45) is 6.42. The maximum absolute atomic E-state index is 11.1. The summed E-state index contributed by atoms with van der Waals surface area (Å²) < 4.78 is 5.20. The molecule has 2 aromatic rings. The molecule has 0 atom stereocenters. The predicted molar refractivity (Wildman–Crippen MR) is 79.2 cm³/mol. The molecule has 2 heteroatoms. The number of ether oxygens (including phenoxy) is 1. The summed E-state index contributed by atoms with van der Waals surface area (Å²) >= 11 is 0. The summed E-state index contributed by atoms with van der Waals surface area (Å²) in [7, 11) is 0. The Bertz CT molecular complexity index is 612. The molecule has 2 rings (SSSR count). The molecule has 2 nitrogen and oxygen atoms in total. The minimum absolute atomic E-state index is 0.293. The molecule has 0 fully saturated rings. The van der Waals surface area contributed by atoms with Crippen LogP contribution in [0, 0.1) is 0 Å². The molecule has 0 saturated carbocycles. The fraction of sp³-hybridized carbons (Fsp3) is 0.235. The van der Waals surface area contributed by atoms with E-state index in [1.807, 2.05) is 30.3 Å². The molecule has 2 aromatic carbocycles. The standard InChI is InChI=1S/C17H18O2/c1-3-4-5-8-14-11-16(19-13(2)18)12-15-9-6-7-10-17(14)15/h5-12H,3-4H2,1-2H3/b8-5+. The Hall–Kier alpha value is -2.09. The van der Waals surface area contributed by atoms with E-state index >= 15 is 0 Å². The molecule has 98 valence electrons. The first-order valence-corrected chi connectivity index (χ1v) is 6.58. The van der Waals surface area contributed by atoms with E-state index in [1.54, 1.807) is 0 Å². The van der Waals surface area contributed by atoms with Gasteiger partial charge in [0.15, 0.2) is 0 Å². The van der Waals surface area contributed by atoms with Crippen LogP contribution in [0.4, 0.5) is 0 Å². The third-order valence-electron chi connectivity index (χ3n) is 2.88. The lowest BCUT2D eigenvalue weighted by atomic mass is 10.0. The number of carbonyl (C=O) groups excluding carboxylic acids is 1. The van der Waals surface area contributed by atoms with E-state index in [9.17, 15) is 4.79 Å². The highest BCUT2D eigenvalue weighted by atomic mass is 16.5. The number of esters is 1. The summed E-state index contributed by atoms with van der Waals surface area (Å²) in [5.74, 6) is 0.307. The Kier molecular flexibility index (Phi) is 4.35. The van der Waals surface area contributed by atoms with E-state index in [0.717, 1.165) is 23.8 Å². The second-order valence-electron chi connectivity index (χ2n) is 4.52. The smallest absolute Gasteiger partial charge is 0.308 e. The minimum Gasteiger partial charge on any atom is -0.427 e. The van der Waals surface area contributed by atoms with Crippen LogP contribution in [0.15, 0.2) is 42.5 Å². The number of fused-ring (bicyclic) bond motifs is 1. The second kappa shape index (κ2) is 6.19. The van der Waals surface area contributed by atoms with E-state index in [-0.39, 0.29) is 5.97 Å². The molecule has 0 heterocycles. The third kappa shape index (κ3) is 3.44. The van der Waals surface area contributed by atoms with Crippen molar-refractivity contribution in [1.29, 1.82) is 0 Å². The van der Waals surface area contributed by atoms with Crippen LogP contribution in [0.25, 0.3) is 16.8 Å². The molecule has 0 amide bonds. The van der Waals surface area contributed by atoms with Crippen LogP contribution in [0.1, 0.15) is 32.3 Å². The molecule has 0 spiro atoms. The van der Waals surface area contributed by atoms with E-state index in [4.69, 9.17) is 4.74 Å². The molecular formula is C17H18O2. The van der Waals surface area contributed by atoms with Crippen molar-refractivity contribution in [3.05, 3.63) is 48.0 Å². The van der Waals surface area contributed by atoms with Crippen LogP contribution >= 0.6 is 0 Å². The Balaban J connectivity index is 2.48. The average Bonchev–Trinajstić information content (AvgIpc) is 2.38. The van der Waals surface area contributed by atoms with Crippen LogP contribution < -0.4 is 4.74 Å². The highest BCUT2D eigenvalue weighted by Crippen LogP contribution is 2.26. The molecule has 0 radical (unpaired) electrons. The zero-order valence-electron chi connectivity index (χ0n) is 11.3. The maximum atomic E-state index is 11.1. The Morgan fingerprint density at radius 1 is 1.26 bits per heavy atom. The number of hydrogen-bond donors (Lipinski definition) is 0. The van der Waals surface area contributed by atoms with Gasteiger partial charge < -0.3 is 4.74 Å². The third-order valence-corrected chi connectivity index (χ3v) is 2.88. The number of unbranched alkanes of at least 4 members (excludes halogenated alkanes) is 1. The van der Waals surface area contributed by atoms with E-state index in [2.05, 4.69) is 25.1 Å². The monoisotopic (exact) mass is 254 g/mol. The van der Waals surface area contributed by atoms with Crippen molar-refractivity contribution in [3.8, 4) is 5.75 Å². The molecule has 0 aromatic heterocycles. The highest BCUT2D eigenvalue weighted by Gasteiger charge is 2.04. The van der Waals surface area contributed by atoms with Crippen LogP contribution in [-0.2, 0) is 4.79 Å². The molecule has 0 aliphatic rings. The van der Waals surface area contributed by atoms with Gasteiger partial charge >= 0.3 is 5.97 Å². The Morgan fingerprint density at radius 2 is 2.05 bits per heavy atom. The van der Waals surface area contributed by atoms with Crippen molar-refractivity contribution in [2.75, 3.05) is 0 Å². The average molecular weight is 254 g/mol. The summed E-state index contributed by atoms with van der Waals surface area (Å²) in [5, 5.41) is 2.25. The number of hydrogen-bond acceptors (Lipinski definition) is 2. The highest BCUT2D eigenvalue weighted by molar-refractivity contribution is 5.92. The van der Waals surface area contributed by atoms with E-state index < -0.39 is 0 Å². The molecule has 0 unspecified atom stereocenters. The van der Waals surface area contributed by atoms with Gasteiger partial charge in [-0.1, -0.05) is 49.8 Å². The number of allylic oxidation sites excluding steroid dienone is 1. The largest absolute Gasteiger partial charge is 0.427 e. The first-order chi connectivity index (χ1) is 9.20.